The molecular weight excluding hydrogens is 405 g/mol. The van der Waals surface area contributed by atoms with Crippen LogP contribution in [0.4, 0.5) is 0 Å². The molecule has 9 heteroatoms. The minimum absolute atomic E-state index is 0.0496. The molecule has 0 bridgehead atoms. The maximum atomic E-state index is 12.8. The van der Waals surface area contributed by atoms with Crippen molar-refractivity contribution in [1.82, 2.24) is 4.31 Å². The molecule has 118 valence electrons. The lowest BCUT2D eigenvalue weighted by atomic mass is 10.2. The molecule has 1 aromatic rings. The summed E-state index contributed by atoms with van der Waals surface area (Å²) in [5.74, 6) is 0. The van der Waals surface area contributed by atoms with Crippen LogP contribution in [0.25, 0.3) is 0 Å². The van der Waals surface area contributed by atoms with Gasteiger partial charge < -0.3 is 9.84 Å². The van der Waals surface area contributed by atoms with E-state index in [1.54, 1.807) is 6.92 Å². The summed E-state index contributed by atoms with van der Waals surface area (Å²) < 4.78 is 32.8. The zero-order valence-electron chi connectivity index (χ0n) is 11.1. The quantitative estimate of drug-likeness (QED) is 0.818. The normalized spacial score (nSPS) is 24.2. The minimum Gasteiger partial charge on any atom is -0.394 e. The first-order chi connectivity index (χ1) is 9.77. The average Bonchev–Trinajstić information content (AvgIpc) is 2.37. The predicted molar refractivity (Wildman–Crippen MR) is 84.3 cm³/mol. The maximum Gasteiger partial charge on any atom is 0.246 e. The molecule has 5 nitrogen and oxygen atoms in total. The maximum absolute atomic E-state index is 12.8. The Bertz CT molecular complexity index is 617. The highest BCUT2D eigenvalue weighted by molar-refractivity contribution is 9.10. The highest BCUT2D eigenvalue weighted by atomic mass is 79.9. The molecule has 1 N–H and O–H groups in total. The number of morpholine rings is 1. The van der Waals surface area contributed by atoms with Crippen LogP contribution in [0.3, 0.4) is 0 Å². The Morgan fingerprint density at radius 3 is 2.52 bits per heavy atom. The topological polar surface area (TPSA) is 66.8 Å². The SMILES string of the molecule is CC1COC(CO)CN1S(=O)(=O)c1c(Cl)cc(Br)cc1Cl. The van der Waals surface area contributed by atoms with Crippen LogP contribution in [0.5, 0.6) is 0 Å². The molecule has 1 saturated heterocycles. The first-order valence-electron chi connectivity index (χ1n) is 6.16. The van der Waals surface area contributed by atoms with E-state index in [1.165, 1.54) is 16.4 Å². The van der Waals surface area contributed by atoms with E-state index in [9.17, 15) is 13.5 Å². The third kappa shape index (κ3) is 3.55. The summed E-state index contributed by atoms with van der Waals surface area (Å²) in [5, 5.41) is 9.27. The molecule has 21 heavy (non-hydrogen) atoms. The van der Waals surface area contributed by atoms with Crippen LogP contribution in [0.15, 0.2) is 21.5 Å². The van der Waals surface area contributed by atoms with Crippen LogP contribution in [-0.4, -0.2) is 49.7 Å². The Labute approximate surface area is 142 Å². The van der Waals surface area contributed by atoms with Gasteiger partial charge in [0, 0.05) is 17.1 Å². The third-order valence-corrected chi connectivity index (χ3v) is 6.54. The number of halogens is 3. The van der Waals surface area contributed by atoms with Gasteiger partial charge in [-0.3, -0.25) is 0 Å². The molecule has 2 unspecified atom stereocenters. The van der Waals surface area contributed by atoms with Crippen molar-refractivity contribution in [3.63, 3.8) is 0 Å². The zero-order valence-corrected chi connectivity index (χ0v) is 15.0. The fourth-order valence-corrected chi connectivity index (χ4v) is 5.67. The van der Waals surface area contributed by atoms with Crippen molar-refractivity contribution in [2.75, 3.05) is 19.8 Å². The number of hydrogen-bond acceptors (Lipinski definition) is 4. The summed E-state index contributed by atoms with van der Waals surface area (Å²) >= 11 is 15.3. The van der Waals surface area contributed by atoms with Crippen LogP contribution >= 0.6 is 39.1 Å². The molecule has 0 amide bonds. The van der Waals surface area contributed by atoms with Crippen molar-refractivity contribution in [1.29, 1.82) is 0 Å². The van der Waals surface area contributed by atoms with Gasteiger partial charge in [0.25, 0.3) is 0 Å². The summed E-state index contributed by atoms with van der Waals surface area (Å²) in [6, 6.07) is 2.60. The van der Waals surface area contributed by atoms with E-state index in [4.69, 9.17) is 27.9 Å². The highest BCUT2D eigenvalue weighted by Crippen LogP contribution is 2.36. The second-order valence-electron chi connectivity index (χ2n) is 4.76. The third-order valence-electron chi connectivity index (χ3n) is 3.18. The summed E-state index contributed by atoms with van der Waals surface area (Å²) in [6.07, 6.45) is -0.552. The number of rotatable bonds is 3. The average molecular weight is 419 g/mol. The van der Waals surface area contributed by atoms with Crippen LogP contribution < -0.4 is 0 Å². The Balaban J connectivity index is 2.46. The number of benzene rings is 1. The van der Waals surface area contributed by atoms with Crippen molar-refractivity contribution in [3.05, 3.63) is 26.7 Å². The van der Waals surface area contributed by atoms with Crippen LogP contribution in [0.2, 0.25) is 10.0 Å². The van der Waals surface area contributed by atoms with Crippen LogP contribution in [0, 0.1) is 0 Å². The lowest BCUT2D eigenvalue weighted by Gasteiger charge is -2.36. The smallest absolute Gasteiger partial charge is 0.246 e. The zero-order chi connectivity index (χ0) is 15.8. The largest absolute Gasteiger partial charge is 0.394 e. The van der Waals surface area contributed by atoms with Crippen molar-refractivity contribution in [2.45, 2.75) is 24.0 Å². The number of sulfonamides is 1. The molecule has 0 radical (unpaired) electrons. The van der Waals surface area contributed by atoms with Gasteiger partial charge in [0.1, 0.15) is 4.90 Å². The second-order valence-corrected chi connectivity index (χ2v) is 8.32. The summed E-state index contributed by atoms with van der Waals surface area (Å²) in [6.45, 7) is 1.74. The fourth-order valence-electron chi connectivity index (χ4n) is 2.13. The van der Waals surface area contributed by atoms with Crippen LogP contribution in [0.1, 0.15) is 6.92 Å². The van der Waals surface area contributed by atoms with E-state index in [2.05, 4.69) is 15.9 Å². The first-order valence-corrected chi connectivity index (χ1v) is 9.15. The van der Waals surface area contributed by atoms with E-state index >= 15 is 0 Å². The lowest BCUT2D eigenvalue weighted by Crippen LogP contribution is -2.51. The van der Waals surface area contributed by atoms with E-state index in [0.29, 0.717) is 4.47 Å². The van der Waals surface area contributed by atoms with Gasteiger partial charge >= 0.3 is 0 Å². The molecule has 0 spiro atoms. The molecule has 2 atom stereocenters. The fraction of sp³-hybridized carbons (Fsp3) is 0.500. The van der Waals surface area contributed by atoms with E-state index < -0.39 is 16.1 Å². The summed E-state index contributed by atoms with van der Waals surface area (Å²) in [4.78, 5) is -0.125. The number of ether oxygens (including phenoxy) is 1. The van der Waals surface area contributed by atoms with Crippen molar-refractivity contribution >= 4 is 49.2 Å². The van der Waals surface area contributed by atoms with Gasteiger partial charge in [0.05, 0.1) is 29.4 Å². The van der Waals surface area contributed by atoms with E-state index in [1.807, 2.05) is 0 Å². The molecular formula is C12H14BrCl2NO4S. The first kappa shape index (κ1) is 17.5. The number of aliphatic hydroxyl groups is 1. The standard InChI is InChI=1S/C12H14BrCl2NO4S/c1-7-6-20-9(5-17)4-16(7)21(18,19)12-10(14)2-8(13)3-11(12)15/h2-3,7,9,17H,4-6H2,1H3. The lowest BCUT2D eigenvalue weighted by molar-refractivity contribution is -0.0516. The molecule has 1 aliphatic rings. The van der Waals surface area contributed by atoms with Gasteiger partial charge in [0.2, 0.25) is 10.0 Å². The molecule has 1 fully saturated rings. The van der Waals surface area contributed by atoms with Gasteiger partial charge in [-0.05, 0) is 19.1 Å². The summed E-state index contributed by atoms with van der Waals surface area (Å²) in [7, 11) is -3.87. The number of nitrogens with zero attached hydrogens (tertiary/aromatic N) is 1. The molecule has 1 aliphatic heterocycles. The van der Waals surface area contributed by atoms with Gasteiger partial charge in [-0.15, -0.1) is 0 Å². The predicted octanol–water partition coefficient (Wildman–Crippen LogP) is 2.53. The molecule has 1 heterocycles. The number of aliphatic hydroxyl groups excluding tert-OH is 1. The number of hydrogen-bond donors (Lipinski definition) is 1. The Kier molecular flexibility index (Phi) is 5.57. The monoisotopic (exact) mass is 417 g/mol. The Morgan fingerprint density at radius 1 is 1.43 bits per heavy atom. The van der Waals surface area contributed by atoms with Crippen LogP contribution in [-0.2, 0) is 14.8 Å². The Hall–Kier alpha value is 0.110. The molecule has 0 aliphatic carbocycles. The van der Waals surface area contributed by atoms with Gasteiger partial charge in [0.15, 0.2) is 0 Å². The van der Waals surface area contributed by atoms with E-state index in [0.717, 1.165) is 0 Å². The van der Waals surface area contributed by atoms with Crippen molar-refractivity contribution in [3.8, 4) is 0 Å². The molecule has 0 aromatic heterocycles. The minimum atomic E-state index is -3.87. The van der Waals surface area contributed by atoms with Crippen molar-refractivity contribution in [2.24, 2.45) is 0 Å². The second kappa shape index (κ2) is 6.70. The van der Waals surface area contributed by atoms with Gasteiger partial charge in [-0.25, -0.2) is 8.42 Å². The molecule has 0 saturated carbocycles. The van der Waals surface area contributed by atoms with Gasteiger partial charge in [-0.2, -0.15) is 4.31 Å². The van der Waals surface area contributed by atoms with E-state index in [-0.39, 0.29) is 40.7 Å². The summed E-state index contributed by atoms with van der Waals surface area (Å²) in [5.41, 5.74) is 0. The van der Waals surface area contributed by atoms with Crippen molar-refractivity contribution < 1.29 is 18.3 Å². The van der Waals surface area contributed by atoms with Gasteiger partial charge in [-0.1, -0.05) is 39.1 Å². The molecule has 1 aromatic carbocycles. The Morgan fingerprint density at radius 2 is 2.00 bits per heavy atom. The highest BCUT2D eigenvalue weighted by Gasteiger charge is 2.37. The molecule has 2 rings (SSSR count).